The molecule has 0 unspecified atom stereocenters. The van der Waals surface area contributed by atoms with Crippen LogP contribution in [0.3, 0.4) is 0 Å². The number of fused-ring (bicyclic) bond motifs is 1. The normalized spacial score (nSPS) is 12.5. The number of benzene rings is 2. The van der Waals surface area contributed by atoms with E-state index in [-0.39, 0.29) is 5.97 Å². The summed E-state index contributed by atoms with van der Waals surface area (Å²) in [5, 5.41) is 3.23. The molecule has 0 fully saturated rings. The molecule has 0 heterocycles. The van der Waals surface area contributed by atoms with Crippen LogP contribution in [-0.4, -0.2) is 26.3 Å². The van der Waals surface area contributed by atoms with Gasteiger partial charge in [0.25, 0.3) is 0 Å². The summed E-state index contributed by atoms with van der Waals surface area (Å²) in [6.07, 6.45) is 2.00. The molecule has 2 aromatic carbocycles. The molecule has 0 aliphatic rings. The number of esters is 1. The van der Waals surface area contributed by atoms with Crippen molar-refractivity contribution < 1.29 is 9.53 Å². The first-order valence-electron chi connectivity index (χ1n) is 7.17. The summed E-state index contributed by atoms with van der Waals surface area (Å²) < 4.78 is 4.97. The van der Waals surface area contributed by atoms with Crippen molar-refractivity contribution in [3.05, 3.63) is 53.6 Å². The molecule has 0 aromatic heterocycles. The Morgan fingerprint density at radius 1 is 1.10 bits per heavy atom. The van der Waals surface area contributed by atoms with Gasteiger partial charge < -0.3 is 0 Å². The number of hydrogen-bond acceptors (Lipinski definition) is 2. The Balaban J connectivity index is 2.51. The molecule has 2 aromatic rings. The third kappa shape index (κ3) is 4.21. The SMILES string of the molecule is COC(=O)/C(=C/c1cccc2ccccc12)[CH2][Ge]([CH3])([CH3])[CH3]. The maximum atomic E-state index is 12.1. The van der Waals surface area contributed by atoms with Gasteiger partial charge in [-0.25, -0.2) is 0 Å². The molecular formula is C18H22GeO2. The first-order valence-corrected chi connectivity index (χ1v) is 15.0. The van der Waals surface area contributed by atoms with E-state index in [0.29, 0.717) is 0 Å². The quantitative estimate of drug-likeness (QED) is 0.456. The molecule has 21 heavy (non-hydrogen) atoms. The van der Waals surface area contributed by atoms with Crippen molar-refractivity contribution in [2.45, 2.75) is 22.5 Å². The third-order valence-corrected chi connectivity index (χ3v) is 6.35. The molecule has 0 N–H and O–H groups in total. The van der Waals surface area contributed by atoms with Gasteiger partial charge in [-0.1, -0.05) is 0 Å². The van der Waals surface area contributed by atoms with Gasteiger partial charge in [-0.15, -0.1) is 0 Å². The van der Waals surface area contributed by atoms with E-state index in [1.165, 1.54) is 17.9 Å². The van der Waals surface area contributed by atoms with Gasteiger partial charge >= 0.3 is 129 Å². The van der Waals surface area contributed by atoms with Crippen LogP contribution in [0.2, 0.25) is 22.5 Å². The van der Waals surface area contributed by atoms with Crippen molar-refractivity contribution in [3.63, 3.8) is 0 Å². The zero-order valence-electron chi connectivity index (χ0n) is 13.1. The molecule has 2 nitrogen and oxygen atoms in total. The second-order valence-corrected chi connectivity index (χ2v) is 18.0. The maximum absolute atomic E-state index is 12.1. The second-order valence-electron chi connectivity index (χ2n) is 6.47. The van der Waals surface area contributed by atoms with Crippen molar-refractivity contribution in [3.8, 4) is 0 Å². The number of carbonyl (C=O) groups is 1. The van der Waals surface area contributed by atoms with Crippen molar-refractivity contribution >= 4 is 36.1 Å². The fourth-order valence-electron chi connectivity index (χ4n) is 2.45. The van der Waals surface area contributed by atoms with Crippen LogP contribution in [0.5, 0.6) is 0 Å². The summed E-state index contributed by atoms with van der Waals surface area (Å²) in [6.45, 7) is 0. The van der Waals surface area contributed by atoms with Crippen LogP contribution in [0.1, 0.15) is 5.56 Å². The van der Waals surface area contributed by atoms with Crippen LogP contribution in [-0.2, 0) is 9.53 Å². The monoisotopic (exact) mass is 344 g/mol. The number of methoxy groups -OCH3 is 1. The Morgan fingerprint density at radius 2 is 1.76 bits per heavy atom. The summed E-state index contributed by atoms with van der Waals surface area (Å²) >= 11 is -1.89. The Hall–Kier alpha value is -1.55. The van der Waals surface area contributed by atoms with Crippen LogP contribution in [0.25, 0.3) is 16.8 Å². The van der Waals surface area contributed by atoms with E-state index in [9.17, 15) is 4.79 Å². The van der Waals surface area contributed by atoms with E-state index in [4.69, 9.17) is 4.74 Å². The number of rotatable bonds is 4. The van der Waals surface area contributed by atoms with Crippen molar-refractivity contribution in [2.75, 3.05) is 7.11 Å². The summed E-state index contributed by atoms with van der Waals surface area (Å²) in [6, 6.07) is 14.4. The standard InChI is InChI=1S/C18H22GeO2/c1-19(2,3)13-16(18(20)21-4)12-15-10-7-9-14-8-5-6-11-17(14)15/h5-12H,13H2,1-4H3/b16-12+. The Morgan fingerprint density at radius 3 is 2.43 bits per heavy atom. The molecule has 0 saturated carbocycles. The Bertz CT molecular complexity index is 676. The van der Waals surface area contributed by atoms with E-state index in [2.05, 4.69) is 41.5 Å². The van der Waals surface area contributed by atoms with Gasteiger partial charge in [0.15, 0.2) is 0 Å². The van der Waals surface area contributed by atoms with E-state index < -0.39 is 13.3 Å². The van der Waals surface area contributed by atoms with Gasteiger partial charge in [-0.3, -0.25) is 0 Å². The average Bonchev–Trinajstić information content (AvgIpc) is 2.44. The average molecular weight is 343 g/mol. The van der Waals surface area contributed by atoms with Crippen LogP contribution in [0.15, 0.2) is 48.0 Å². The fourth-order valence-corrected chi connectivity index (χ4v) is 5.36. The van der Waals surface area contributed by atoms with Gasteiger partial charge in [-0.05, 0) is 0 Å². The molecule has 0 atom stereocenters. The zero-order chi connectivity index (χ0) is 15.5. The zero-order valence-corrected chi connectivity index (χ0v) is 15.2. The van der Waals surface area contributed by atoms with Gasteiger partial charge in [0, 0.05) is 0 Å². The van der Waals surface area contributed by atoms with Gasteiger partial charge in [0.2, 0.25) is 0 Å². The Labute approximate surface area is 129 Å². The topological polar surface area (TPSA) is 26.3 Å². The van der Waals surface area contributed by atoms with Crippen molar-refractivity contribution in [1.29, 1.82) is 0 Å². The van der Waals surface area contributed by atoms with E-state index in [0.717, 1.165) is 16.4 Å². The predicted molar refractivity (Wildman–Crippen MR) is 92.1 cm³/mol. The number of ether oxygens (including phenoxy) is 1. The summed E-state index contributed by atoms with van der Waals surface area (Å²) in [5.41, 5.74) is 1.88. The van der Waals surface area contributed by atoms with Crippen LogP contribution in [0.4, 0.5) is 0 Å². The van der Waals surface area contributed by atoms with Crippen molar-refractivity contribution in [2.24, 2.45) is 0 Å². The van der Waals surface area contributed by atoms with Gasteiger partial charge in [-0.2, -0.15) is 0 Å². The molecule has 0 spiro atoms. The summed E-state index contributed by atoms with van der Waals surface area (Å²) in [5.74, 6) is 6.71. The molecule has 0 aliphatic heterocycles. The molecule has 3 heteroatoms. The van der Waals surface area contributed by atoms with Crippen LogP contribution >= 0.6 is 0 Å². The van der Waals surface area contributed by atoms with E-state index in [1.54, 1.807) is 0 Å². The predicted octanol–water partition coefficient (Wildman–Crippen LogP) is 4.73. The molecule has 0 bridgehead atoms. The summed E-state index contributed by atoms with van der Waals surface area (Å²) in [7, 11) is 1.45. The molecular weight excluding hydrogens is 321 g/mol. The molecule has 0 aliphatic carbocycles. The molecule has 0 radical (unpaired) electrons. The van der Waals surface area contributed by atoms with E-state index in [1.807, 2.05) is 24.3 Å². The number of carbonyl (C=O) groups excluding carboxylic acids is 1. The molecule has 2 rings (SSSR count). The minimum atomic E-state index is -1.89. The summed E-state index contributed by atoms with van der Waals surface area (Å²) in [4.78, 5) is 12.1. The molecule has 0 amide bonds. The van der Waals surface area contributed by atoms with Crippen LogP contribution < -0.4 is 0 Å². The number of hydrogen-bond donors (Lipinski definition) is 0. The minimum absolute atomic E-state index is 0.205. The first kappa shape index (κ1) is 15.8. The van der Waals surface area contributed by atoms with Gasteiger partial charge in [0.1, 0.15) is 0 Å². The molecule has 110 valence electrons. The third-order valence-electron chi connectivity index (χ3n) is 3.32. The fraction of sp³-hybridized carbons (Fsp3) is 0.278. The van der Waals surface area contributed by atoms with Crippen LogP contribution in [0, 0.1) is 0 Å². The first-order chi connectivity index (χ1) is 9.90. The second kappa shape index (κ2) is 6.48. The van der Waals surface area contributed by atoms with Crippen molar-refractivity contribution in [1.82, 2.24) is 0 Å². The Kier molecular flexibility index (Phi) is 4.89. The van der Waals surface area contributed by atoms with Gasteiger partial charge in [0.05, 0.1) is 0 Å². The van der Waals surface area contributed by atoms with E-state index >= 15 is 0 Å². The molecule has 0 saturated heterocycles.